The van der Waals surface area contributed by atoms with E-state index in [0.29, 0.717) is 30.2 Å². The predicted octanol–water partition coefficient (Wildman–Crippen LogP) is 2.32. The zero-order valence-electron chi connectivity index (χ0n) is 22.8. The molecule has 5 rings (SSSR count). The quantitative estimate of drug-likeness (QED) is 0.344. The minimum Gasteiger partial charge on any atom is -0.495 e. The second kappa shape index (κ2) is 11.8. The molecular formula is C27H41N9O2. The molecule has 0 bridgehead atoms. The number of nitrogen functional groups attached to an aromatic ring is 1. The van der Waals surface area contributed by atoms with E-state index in [0.717, 1.165) is 61.8 Å². The first-order chi connectivity index (χ1) is 18.5. The molecule has 3 aromatic rings. The highest BCUT2D eigenvalue weighted by Gasteiger charge is 2.32. The maximum Gasteiger partial charge on any atom is 0.222 e. The molecule has 206 valence electrons. The van der Waals surface area contributed by atoms with Crippen molar-refractivity contribution in [3.05, 3.63) is 29.7 Å². The van der Waals surface area contributed by atoms with Crippen molar-refractivity contribution in [2.24, 2.45) is 0 Å². The Morgan fingerprint density at radius 3 is 2.66 bits per heavy atom. The maximum absolute atomic E-state index is 9.51. The van der Waals surface area contributed by atoms with Crippen LogP contribution in [-0.4, -0.2) is 98.7 Å². The van der Waals surface area contributed by atoms with Gasteiger partial charge in [-0.1, -0.05) is 13.3 Å². The minimum absolute atomic E-state index is 0.0782. The highest BCUT2D eigenvalue weighted by atomic mass is 16.5. The third-order valence-electron chi connectivity index (χ3n) is 7.99. The summed E-state index contributed by atoms with van der Waals surface area (Å²) in [6.07, 6.45) is 8.53. The van der Waals surface area contributed by atoms with Crippen LogP contribution in [0, 0.1) is 0 Å². The molecule has 2 aliphatic rings. The van der Waals surface area contributed by atoms with Crippen LogP contribution in [0.25, 0.3) is 11.0 Å². The molecule has 11 heteroatoms. The van der Waals surface area contributed by atoms with Crippen molar-refractivity contribution in [1.29, 1.82) is 0 Å². The Morgan fingerprint density at radius 1 is 1.18 bits per heavy atom. The third-order valence-corrected chi connectivity index (χ3v) is 7.99. The van der Waals surface area contributed by atoms with Gasteiger partial charge in [0.25, 0.3) is 0 Å². The fourth-order valence-electron chi connectivity index (χ4n) is 5.87. The molecule has 5 heterocycles. The van der Waals surface area contributed by atoms with E-state index < -0.39 is 0 Å². The zero-order valence-corrected chi connectivity index (χ0v) is 22.8. The Morgan fingerprint density at radius 2 is 1.97 bits per heavy atom. The number of pyridine rings is 1. The summed E-state index contributed by atoms with van der Waals surface area (Å²) >= 11 is 0. The van der Waals surface area contributed by atoms with Crippen LogP contribution in [0.5, 0.6) is 5.75 Å². The Hall–Kier alpha value is -3.02. The Balaban J connectivity index is 1.34. The molecule has 3 aromatic heterocycles. The standard InChI is InChI=1S/C27H41N9O2/c1-4-5-20(8-11-37)31-26-25-22(32-27(28)33-26)14-30-36(25)17-23-24(38-3)12-19(13-29-23)18-6-9-35(10-7-18)21-15-34(2)16-21/h12-14,18,20-21,37H,4-11,15-17H2,1-3H3,(H3,28,31,32,33)/t20-/m0/s1. The van der Waals surface area contributed by atoms with Crippen LogP contribution in [0.15, 0.2) is 18.5 Å². The molecule has 0 amide bonds. The molecule has 38 heavy (non-hydrogen) atoms. The normalized spacial score (nSPS) is 18.5. The summed E-state index contributed by atoms with van der Waals surface area (Å²) in [7, 11) is 3.89. The molecule has 0 unspecified atom stereocenters. The number of fused-ring (bicyclic) bond motifs is 1. The van der Waals surface area contributed by atoms with Gasteiger partial charge in [-0.3, -0.25) is 14.6 Å². The van der Waals surface area contributed by atoms with E-state index in [2.05, 4.69) is 50.2 Å². The van der Waals surface area contributed by atoms with Gasteiger partial charge in [-0.2, -0.15) is 10.1 Å². The molecule has 0 spiro atoms. The molecule has 4 N–H and O–H groups in total. The molecule has 11 nitrogen and oxygen atoms in total. The number of nitrogens with zero attached hydrogens (tertiary/aromatic N) is 7. The molecule has 2 aliphatic heterocycles. The van der Waals surface area contributed by atoms with Crippen LogP contribution in [-0.2, 0) is 6.54 Å². The number of rotatable bonds is 11. The average molecular weight is 524 g/mol. The summed E-state index contributed by atoms with van der Waals surface area (Å²) in [5.41, 5.74) is 9.48. The molecule has 0 saturated carbocycles. The van der Waals surface area contributed by atoms with Gasteiger partial charge in [-0.25, -0.2) is 4.98 Å². The van der Waals surface area contributed by atoms with Crippen LogP contribution in [0.3, 0.4) is 0 Å². The van der Waals surface area contributed by atoms with Gasteiger partial charge in [0.15, 0.2) is 5.82 Å². The number of hydrogen-bond donors (Lipinski definition) is 3. The van der Waals surface area contributed by atoms with Crippen molar-refractivity contribution < 1.29 is 9.84 Å². The smallest absolute Gasteiger partial charge is 0.222 e. The lowest BCUT2D eigenvalue weighted by atomic mass is 9.89. The minimum atomic E-state index is 0.0782. The number of methoxy groups -OCH3 is 1. The Labute approximate surface area is 224 Å². The first-order valence-electron chi connectivity index (χ1n) is 13.8. The fourth-order valence-corrected chi connectivity index (χ4v) is 5.87. The van der Waals surface area contributed by atoms with E-state index in [4.69, 9.17) is 15.5 Å². The van der Waals surface area contributed by atoms with Gasteiger partial charge in [0.2, 0.25) is 5.95 Å². The Kier molecular flexibility index (Phi) is 8.25. The van der Waals surface area contributed by atoms with Gasteiger partial charge in [-0.15, -0.1) is 0 Å². The maximum atomic E-state index is 9.51. The van der Waals surface area contributed by atoms with Crippen LogP contribution in [0.4, 0.5) is 11.8 Å². The van der Waals surface area contributed by atoms with E-state index in [1.165, 1.54) is 18.7 Å². The van der Waals surface area contributed by atoms with E-state index in [1.54, 1.807) is 13.3 Å². The van der Waals surface area contributed by atoms with Crippen molar-refractivity contribution in [2.75, 3.05) is 58.0 Å². The summed E-state index contributed by atoms with van der Waals surface area (Å²) in [5, 5.41) is 17.6. The first-order valence-corrected chi connectivity index (χ1v) is 13.8. The number of nitrogens with one attached hydrogen (secondary N) is 1. The number of nitrogens with two attached hydrogens (primary N) is 1. The molecular weight excluding hydrogens is 482 g/mol. The average Bonchev–Trinajstić information content (AvgIpc) is 3.30. The number of likely N-dealkylation sites (N-methyl/N-ethyl adjacent to an activating group) is 1. The van der Waals surface area contributed by atoms with E-state index >= 15 is 0 Å². The third kappa shape index (κ3) is 5.69. The molecule has 0 radical (unpaired) electrons. The van der Waals surface area contributed by atoms with Crippen molar-refractivity contribution in [1.82, 2.24) is 34.5 Å². The van der Waals surface area contributed by atoms with Crippen LogP contribution < -0.4 is 15.8 Å². The Bertz CT molecular complexity index is 1210. The van der Waals surface area contributed by atoms with Crippen molar-refractivity contribution in [2.45, 2.75) is 63.6 Å². The van der Waals surface area contributed by atoms with Gasteiger partial charge in [0.05, 0.1) is 19.9 Å². The van der Waals surface area contributed by atoms with Gasteiger partial charge in [0, 0.05) is 38.0 Å². The topological polar surface area (TPSA) is 130 Å². The number of hydrogen-bond acceptors (Lipinski definition) is 10. The lowest BCUT2D eigenvalue weighted by Crippen LogP contribution is -2.59. The molecule has 2 saturated heterocycles. The number of aliphatic hydroxyl groups excluding tert-OH is 1. The second-order valence-corrected chi connectivity index (χ2v) is 10.7. The summed E-state index contributed by atoms with van der Waals surface area (Å²) in [4.78, 5) is 18.7. The lowest BCUT2D eigenvalue weighted by molar-refractivity contribution is 0.0362. The van der Waals surface area contributed by atoms with Crippen molar-refractivity contribution in [3.8, 4) is 5.75 Å². The summed E-state index contributed by atoms with van der Waals surface area (Å²) in [6.45, 7) is 7.30. The lowest BCUT2D eigenvalue weighted by Gasteiger charge is -2.46. The van der Waals surface area contributed by atoms with Gasteiger partial charge < -0.3 is 25.8 Å². The number of piperidine rings is 1. The molecule has 1 atom stereocenters. The number of likely N-dealkylation sites (tertiary alicyclic amines) is 2. The second-order valence-electron chi connectivity index (χ2n) is 10.7. The number of aromatic nitrogens is 5. The SMILES string of the molecule is CCC[C@@H](CCO)Nc1nc(N)nc2cnn(Cc3ncc(C4CCN(C5CN(C)C5)CC4)cc3OC)c12. The summed E-state index contributed by atoms with van der Waals surface area (Å²) in [5.74, 6) is 2.08. The fraction of sp³-hybridized carbons (Fsp3) is 0.630. The summed E-state index contributed by atoms with van der Waals surface area (Å²) < 4.78 is 7.64. The summed E-state index contributed by atoms with van der Waals surface area (Å²) in [6, 6.07) is 2.95. The number of aliphatic hydroxyl groups is 1. The van der Waals surface area contributed by atoms with Crippen molar-refractivity contribution in [3.63, 3.8) is 0 Å². The largest absolute Gasteiger partial charge is 0.495 e. The highest BCUT2D eigenvalue weighted by Crippen LogP contribution is 2.33. The zero-order chi connectivity index (χ0) is 26.6. The van der Waals surface area contributed by atoms with Gasteiger partial charge >= 0.3 is 0 Å². The number of ether oxygens (including phenoxy) is 1. The van der Waals surface area contributed by atoms with Gasteiger partial charge in [-0.05, 0) is 63.4 Å². The van der Waals surface area contributed by atoms with E-state index in [9.17, 15) is 5.11 Å². The first kappa shape index (κ1) is 26.6. The monoisotopic (exact) mass is 523 g/mol. The van der Waals surface area contributed by atoms with Crippen LogP contribution >= 0.6 is 0 Å². The highest BCUT2D eigenvalue weighted by molar-refractivity contribution is 5.86. The van der Waals surface area contributed by atoms with Crippen LogP contribution in [0.2, 0.25) is 0 Å². The molecule has 0 aromatic carbocycles. The van der Waals surface area contributed by atoms with Crippen LogP contribution in [0.1, 0.15) is 56.2 Å². The van der Waals surface area contributed by atoms with Crippen molar-refractivity contribution >= 4 is 22.8 Å². The number of anilines is 2. The molecule has 2 fully saturated rings. The predicted molar refractivity (Wildman–Crippen MR) is 148 cm³/mol. The van der Waals surface area contributed by atoms with E-state index in [1.807, 2.05) is 10.9 Å². The molecule has 0 aliphatic carbocycles. The van der Waals surface area contributed by atoms with Gasteiger partial charge in [0.1, 0.15) is 22.5 Å². The van der Waals surface area contributed by atoms with E-state index in [-0.39, 0.29) is 18.6 Å².